The molecule has 0 spiro atoms. The Morgan fingerprint density at radius 3 is 2.65 bits per heavy atom. The first-order valence-corrected chi connectivity index (χ1v) is 12.0. The molecule has 3 heterocycles. The van der Waals surface area contributed by atoms with Crippen molar-refractivity contribution in [2.45, 2.75) is 20.3 Å². The third-order valence-electron chi connectivity index (χ3n) is 5.03. The van der Waals surface area contributed by atoms with Gasteiger partial charge in [-0.1, -0.05) is 11.3 Å². The molecule has 0 aliphatic heterocycles. The quantitative estimate of drug-likeness (QED) is 0.287. The maximum absolute atomic E-state index is 14.9. The van der Waals surface area contributed by atoms with Crippen LogP contribution in [0.2, 0.25) is 0 Å². The second-order valence-electron chi connectivity index (χ2n) is 7.13. The molecule has 34 heavy (non-hydrogen) atoms. The second-order valence-corrected chi connectivity index (χ2v) is 9.60. The second kappa shape index (κ2) is 10.5. The number of aryl methyl sites for hydroxylation is 2. The molecule has 3 aromatic heterocycles. The fourth-order valence-corrected chi connectivity index (χ4v) is 4.25. The molecule has 1 aromatic carbocycles. The predicted octanol–water partition coefficient (Wildman–Crippen LogP) is 3.28. The average molecular weight is 514 g/mol. The first-order chi connectivity index (χ1) is 15.7. The molecular formula is C21H19FN4NaO5S2. The van der Waals surface area contributed by atoms with Gasteiger partial charge in [-0.05, 0) is 42.7 Å². The molecule has 0 unspecified atom stereocenters. The number of halogens is 1. The molecule has 9 nitrogen and oxygen atoms in total. The van der Waals surface area contributed by atoms with Crippen LogP contribution in [0.15, 0.2) is 45.2 Å². The van der Waals surface area contributed by atoms with E-state index in [1.54, 1.807) is 24.6 Å². The van der Waals surface area contributed by atoms with Gasteiger partial charge in [0.25, 0.3) is 15.4 Å². The Labute approximate surface area is 220 Å². The largest absolute Gasteiger partial charge is 0.430 e. The van der Waals surface area contributed by atoms with Gasteiger partial charge in [-0.25, -0.2) is 23.9 Å². The number of hydrogen-bond acceptors (Lipinski definition) is 8. The van der Waals surface area contributed by atoms with Crippen LogP contribution in [0, 0.1) is 19.7 Å². The van der Waals surface area contributed by atoms with Gasteiger partial charge < -0.3 is 9.15 Å². The summed E-state index contributed by atoms with van der Waals surface area (Å²) in [5.41, 5.74) is 1.48. The molecule has 0 saturated heterocycles. The minimum Gasteiger partial charge on any atom is -0.430 e. The fourth-order valence-electron chi connectivity index (χ4n) is 3.25. The molecule has 0 fully saturated rings. The zero-order valence-electron chi connectivity index (χ0n) is 18.8. The molecule has 13 heteroatoms. The van der Waals surface area contributed by atoms with E-state index in [1.165, 1.54) is 30.6 Å². The number of thiazole rings is 1. The molecule has 4 aromatic rings. The van der Waals surface area contributed by atoms with E-state index < -0.39 is 27.5 Å². The van der Waals surface area contributed by atoms with E-state index >= 15 is 0 Å². The van der Waals surface area contributed by atoms with Gasteiger partial charge in [0.05, 0.1) is 0 Å². The molecule has 1 radical (unpaired) electrons. The van der Waals surface area contributed by atoms with Gasteiger partial charge in [-0.2, -0.15) is 8.42 Å². The number of aromatic nitrogens is 2. The van der Waals surface area contributed by atoms with Crippen molar-refractivity contribution >= 4 is 67.9 Å². The van der Waals surface area contributed by atoms with Crippen molar-refractivity contribution in [1.82, 2.24) is 14.7 Å². The minimum atomic E-state index is -3.96. The number of nitrogens with zero attached hydrogens (tertiary/aromatic N) is 2. The minimum absolute atomic E-state index is 0. The van der Waals surface area contributed by atoms with Crippen molar-refractivity contribution in [3.63, 3.8) is 0 Å². The van der Waals surface area contributed by atoms with Crippen LogP contribution in [0.25, 0.3) is 11.0 Å². The first-order valence-electron chi connectivity index (χ1n) is 9.67. The van der Waals surface area contributed by atoms with Gasteiger partial charge in [0.1, 0.15) is 11.3 Å². The van der Waals surface area contributed by atoms with Crippen molar-refractivity contribution in [1.29, 1.82) is 0 Å². The monoisotopic (exact) mass is 513 g/mol. The number of ether oxygens (including phenoxy) is 1. The van der Waals surface area contributed by atoms with E-state index in [9.17, 15) is 17.6 Å². The van der Waals surface area contributed by atoms with Crippen LogP contribution in [0.4, 0.5) is 10.2 Å². The Morgan fingerprint density at radius 2 is 1.97 bits per heavy atom. The van der Waals surface area contributed by atoms with E-state index in [0.29, 0.717) is 27.5 Å². The van der Waals surface area contributed by atoms with Crippen LogP contribution in [-0.4, -0.2) is 55.0 Å². The average Bonchev–Trinajstić information content (AvgIpc) is 3.28. The van der Waals surface area contributed by atoms with E-state index in [0.717, 1.165) is 5.56 Å². The molecule has 0 bridgehead atoms. The van der Waals surface area contributed by atoms with Crippen LogP contribution < -0.4 is 19.8 Å². The molecule has 0 amide bonds. The topological polar surface area (TPSA) is 123 Å². The Morgan fingerprint density at radius 1 is 1.21 bits per heavy atom. The third-order valence-corrected chi connectivity index (χ3v) is 6.67. The van der Waals surface area contributed by atoms with Crippen molar-refractivity contribution < 1.29 is 22.0 Å². The van der Waals surface area contributed by atoms with Crippen LogP contribution in [0.3, 0.4) is 0 Å². The maximum atomic E-state index is 14.9. The molecule has 2 N–H and O–H groups in total. The summed E-state index contributed by atoms with van der Waals surface area (Å²) in [6, 6.07) is 4.84. The number of rotatable bonds is 7. The van der Waals surface area contributed by atoms with E-state index in [-0.39, 0.29) is 47.1 Å². The zero-order valence-corrected chi connectivity index (χ0v) is 22.4. The van der Waals surface area contributed by atoms with Gasteiger partial charge in [0.2, 0.25) is 0 Å². The summed E-state index contributed by atoms with van der Waals surface area (Å²) in [4.78, 5) is 20.6. The third kappa shape index (κ3) is 5.48. The van der Waals surface area contributed by atoms with E-state index in [2.05, 4.69) is 9.97 Å². The summed E-state index contributed by atoms with van der Waals surface area (Å²) < 4.78 is 53.6. The summed E-state index contributed by atoms with van der Waals surface area (Å²) in [7, 11) is -2.77. The van der Waals surface area contributed by atoms with Crippen molar-refractivity contribution in [2.75, 3.05) is 11.8 Å². The predicted molar refractivity (Wildman–Crippen MR) is 129 cm³/mol. The van der Waals surface area contributed by atoms with Crippen LogP contribution in [0.5, 0.6) is 10.9 Å². The van der Waals surface area contributed by atoms with E-state index in [4.69, 9.17) is 9.15 Å². The number of fused-ring (bicyclic) bond motifs is 1. The SMILES string of the molecule is CNS(=O)(=O)Nc1nccc(Cc2c(C)c3cc(C)c(Oc4nccs4)cc3oc2=O)c1F.[Na]. The Balaban J connectivity index is 0.00000324. The van der Waals surface area contributed by atoms with Gasteiger partial charge in [0.15, 0.2) is 11.6 Å². The van der Waals surface area contributed by atoms with Crippen molar-refractivity contribution in [3.05, 3.63) is 74.5 Å². The van der Waals surface area contributed by atoms with Gasteiger partial charge in [-0.15, -0.1) is 0 Å². The van der Waals surface area contributed by atoms with Crippen molar-refractivity contribution in [3.8, 4) is 10.9 Å². The molecule has 0 aliphatic carbocycles. The number of nitrogens with one attached hydrogen (secondary N) is 2. The standard InChI is InChI=1S/C21H19FN4O5S2.Na/c1-11-8-14-12(2)15(9-13-4-5-24-19(18(13)22)26-33(28,29)23-3)20(27)30-17(14)10-16(11)31-21-25-6-7-32-21;/h4-8,10,23H,9H2,1-3H3,(H,24,26);. The van der Waals surface area contributed by atoms with Crippen molar-refractivity contribution in [2.24, 2.45) is 0 Å². The number of anilines is 1. The van der Waals surface area contributed by atoms with Crippen LogP contribution in [-0.2, 0) is 16.6 Å². The van der Waals surface area contributed by atoms with Gasteiger partial charge in [-0.3, -0.25) is 4.72 Å². The summed E-state index contributed by atoms with van der Waals surface area (Å²) in [6.45, 7) is 3.61. The van der Waals surface area contributed by atoms with Gasteiger partial charge >= 0.3 is 5.63 Å². The molecular weight excluding hydrogens is 494 g/mol. The number of benzene rings is 1. The van der Waals surface area contributed by atoms with Crippen LogP contribution in [0.1, 0.15) is 22.3 Å². The smallest absolute Gasteiger partial charge is 0.340 e. The molecule has 0 aliphatic rings. The fraction of sp³-hybridized carbons (Fsp3) is 0.190. The number of hydrogen-bond donors (Lipinski definition) is 2. The zero-order chi connectivity index (χ0) is 23.8. The number of pyridine rings is 1. The summed E-state index contributed by atoms with van der Waals surface area (Å²) in [6.07, 6.45) is 2.78. The Kier molecular flexibility index (Phi) is 8.11. The summed E-state index contributed by atoms with van der Waals surface area (Å²) in [5.74, 6) is -0.836. The molecule has 0 atom stereocenters. The first kappa shape index (κ1) is 26.3. The Hall–Kier alpha value is -2.35. The molecule has 4 rings (SSSR count). The normalized spacial score (nSPS) is 11.3. The summed E-state index contributed by atoms with van der Waals surface area (Å²) in [5, 5.41) is 2.93. The molecule has 0 saturated carbocycles. The van der Waals surface area contributed by atoms with E-state index in [1.807, 2.05) is 22.4 Å². The molecule has 173 valence electrons. The maximum Gasteiger partial charge on any atom is 0.340 e. The Bertz CT molecular complexity index is 1510. The van der Waals surface area contributed by atoms with Crippen LogP contribution >= 0.6 is 11.3 Å². The summed E-state index contributed by atoms with van der Waals surface area (Å²) >= 11 is 1.34. The van der Waals surface area contributed by atoms with Gasteiger partial charge in [0, 0.05) is 77.8 Å².